The third-order valence-corrected chi connectivity index (χ3v) is 4.22. The van der Waals surface area contributed by atoms with Crippen LogP contribution in [0.15, 0.2) is 24.3 Å². The van der Waals surface area contributed by atoms with Crippen molar-refractivity contribution >= 4 is 17.5 Å². The summed E-state index contributed by atoms with van der Waals surface area (Å²) in [5.74, 6) is 0.151. The van der Waals surface area contributed by atoms with Crippen molar-refractivity contribution in [2.75, 3.05) is 26.7 Å². The molecule has 2 unspecified atom stereocenters. The summed E-state index contributed by atoms with van der Waals surface area (Å²) in [5, 5.41) is 0.715. The van der Waals surface area contributed by atoms with Crippen LogP contribution in [0.5, 0.6) is 0 Å². The highest BCUT2D eigenvalue weighted by Gasteiger charge is 2.31. The molecule has 110 valence electrons. The number of nitrogens with two attached hydrogens (primary N) is 1. The van der Waals surface area contributed by atoms with Crippen molar-refractivity contribution in [3.8, 4) is 0 Å². The van der Waals surface area contributed by atoms with E-state index >= 15 is 0 Å². The van der Waals surface area contributed by atoms with E-state index in [-0.39, 0.29) is 18.0 Å². The van der Waals surface area contributed by atoms with Gasteiger partial charge in [0, 0.05) is 31.2 Å². The van der Waals surface area contributed by atoms with Gasteiger partial charge in [-0.1, -0.05) is 30.7 Å². The number of hydrogen-bond acceptors (Lipinski definition) is 3. The molecule has 1 saturated heterocycles. The molecule has 0 spiro atoms. The minimum Gasteiger partial charge on any atom is -0.343 e. The van der Waals surface area contributed by atoms with Crippen molar-refractivity contribution in [3.05, 3.63) is 34.9 Å². The first-order valence-corrected chi connectivity index (χ1v) is 7.39. The molecule has 1 aliphatic heterocycles. The Morgan fingerprint density at radius 3 is 2.50 bits per heavy atom. The van der Waals surface area contributed by atoms with Crippen molar-refractivity contribution in [2.45, 2.75) is 25.4 Å². The second kappa shape index (κ2) is 6.57. The van der Waals surface area contributed by atoms with Crippen molar-refractivity contribution in [2.24, 2.45) is 5.73 Å². The van der Waals surface area contributed by atoms with Crippen molar-refractivity contribution in [3.63, 3.8) is 0 Å². The van der Waals surface area contributed by atoms with E-state index in [9.17, 15) is 4.79 Å². The molecule has 2 N–H and O–H groups in total. The normalized spacial score (nSPS) is 20.0. The predicted molar refractivity (Wildman–Crippen MR) is 81.7 cm³/mol. The zero-order chi connectivity index (χ0) is 14.7. The number of halogens is 1. The van der Waals surface area contributed by atoms with E-state index in [2.05, 4.69) is 11.8 Å². The molecular weight excluding hydrogens is 274 g/mol. The third-order valence-electron chi connectivity index (χ3n) is 3.97. The number of benzene rings is 1. The lowest BCUT2D eigenvalue weighted by atomic mass is 9.95. The van der Waals surface area contributed by atoms with Crippen LogP contribution in [0.25, 0.3) is 0 Å². The molecule has 0 bridgehead atoms. The smallest absolute Gasteiger partial charge is 0.236 e. The van der Waals surface area contributed by atoms with Crippen LogP contribution in [0.2, 0.25) is 5.02 Å². The van der Waals surface area contributed by atoms with Gasteiger partial charge in [-0.25, -0.2) is 0 Å². The van der Waals surface area contributed by atoms with E-state index in [1.54, 1.807) is 4.90 Å². The Bertz CT molecular complexity index is 463. The Kier molecular flexibility index (Phi) is 5.02. The molecule has 1 fully saturated rings. The molecule has 0 aromatic heterocycles. The highest BCUT2D eigenvalue weighted by Crippen LogP contribution is 2.27. The highest BCUT2D eigenvalue weighted by molar-refractivity contribution is 6.30. The second-order valence-corrected chi connectivity index (χ2v) is 5.79. The summed E-state index contributed by atoms with van der Waals surface area (Å²) in [6.07, 6.45) is 0.869. The zero-order valence-electron chi connectivity index (χ0n) is 12.1. The lowest BCUT2D eigenvalue weighted by Crippen LogP contribution is -2.52. The van der Waals surface area contributed by atoms with Gasteiger partial charge < -0.3 is 10.6 Å². The van der Waals surface area contributed by atoms with Gasteiger partial charge in [0.15, 0.2) is 0 Å². The molecule has 0 saturated carbocycles. The average molecular weight is 296 g/mol. The van der Waals surface area contributed by atoms with Gasteiger partial charge in [-0.2, -0.15) is 0 Å². The maximum absolute atomic E-state index is 11.9. The van der Waals surface area contributed by atoms with Gasteiger partial charge in [0.2, 0.25) is 5.91 Å². The minimum atomic E-state index is 0.00683. The summed E-state index contributed by atoms with van der Waals surface area (Å²) >= 11 is 5.95. The number of likely N-dealkylation sites (N-methyl/N-ethyl adjacent to an activating group) is 1. The predicted octanol–water partition coefficient (Wildman–Crippen LogP) is 1.89. The van der Waals surface area contributed by atoms with Gasteiger partial charge in [-0.3, -0.25) is 9.69 Å². The largest absolute Gasteiger partial charge is 0.343 e. The number of carbonyl (C=O) groups excluding carboxylic acids is 1. The minimum absolute atomic E-state index is 0.00683. The summed E-state index contributed by atoms with van der Waals surface area (Å²) in [7, 11) is 1.84. The molecule has 20 heavy (non-hydrogen) atoms. The van der Waals surface area contributed by atoms with E-state index in [0.717, 1.165) is 25.1 Å². The van der Waals surface area contributed by atoms with Gasteiger partial charge in [0.1, 0.15) is 0 Å². The molecule has 2 atom stereocenters. The number of amides is 1. The topological polar surface area (TPSA) is 49.6 Å². The molecule has 2 rings (SSSR count). The summed E-state index contributed by atoms with van der Waals surface area (Å²) in [5.41, 5.74) is 7.42. The molecule has 1 aliphatic rings. The molecule has 4 nitrogen and oxygen atoms in total. The molecular formula is C15H22ClN3O. The third kappa shape index (κ3) is 3.32. The lowest BCUT2D eigenvalue weighted by molar-refractivity contribution is -0.135. The molecule has 1 heterocycles. The first kappa shape index (κ1) is 15.3. The summed E-state index contributed by atoms with van der Waals surface area (Å²) < 4.78 is 0. The number of rotatable bonds is 4. The highest BCUT2D eigenvalue weighted by atomic mass is 35.5. The average Bonchev–Trinajstić information content (AvgIpc) is 2.45. The maximum Gasteiger partial charge on any atom is 0.236 e. The standard InChI is InChI=1S/C15H22ClN3O/c1-3-13(17)15(11-4-6-12(16)7-5-11)19-9-8-18(2)14(20)10-19/h4-7,13,15H,3,8-10,17H2,1-2H3. The molecule has 0 aliphatic carbocycles. The summed E-state index contributed by atoms with van der Waals surface area (Å²) in [6, 6.07) is 7.84. The van der Waals surface area contributed by atoms with E-state index in [0.29, 0.717) is 11.6 Å². The fraction of sp³-hybridized carbons (Fsp3) is 0.533. The van der Waals surface area contributed by atoms with Crippen LogP contribution in [0.1, 0.15) is 24.9 Å². The fourth-order valence-electron chi connectivity index (χ4n) is 2.63. The van der Waals surface area contributed by atoms with Crippen LogP contribution in [0.4, 0.5) is 0 Å². The van der Waals surface area contributed by atoms with Crippen LogP contribution >= 0.6 is 11.6 Å². The number of hydrogen-bond donors (Lipinski definition) is 1. The Hall–Kier alpha value is -1.10. The number of nitrogens with zero attached hydrogens (tertiary/aromatic N) is 2. The molecule has 1 amide bonds. The van der Waals surface area contributed by atoms with Gasteiger partial charge in [-0.05, 0) is 24.1 Å². The fourth-order valence-corrected chi connectivity index (χ4v) is 2.75. The monoisotopic (exact) mass is 295 g/mol. The molecule has 0 radical (unpaired) electrons. The first-order chi connectivity index (χ1) is 9.52. The van der Waals surface area contributed by atoms with Gasteiger partial charge in [0.05, 0.1) is 12.6 Å². The molecule has 5 heteroatoms. The van der Waals surface area contributed by atoms with Crippen molar-refractivity contribution in [1.29, 1.82) is 0 Å². The Labute approximate surface area is 125 Å². The van der Waals surface area contributed by atoms with Crippen LogP contribution in [0.3, 0.4) is 0 Å². The van der Waals surface area contributed by atoms with E-state index in [1.807, 2.05) is 31.3 Å². The van der Waals surface area contributed by atoms with Crippen LogP contribution < -0.4 is 5.73 Å². The van der Waals surface area contributed by atoms with Crippen LogP contribution in [-0.2, 0) is 4.79 Å². The number of piperazine rings is 1. The molecule has 1 aromatic carbocycles. The first-order valence-electron chi connectivity index (χ1n) is 7.02. The lowest BCUT2D eigenvalue weighted by Gasteiger charge is -2.40. The van der Waals surface area contributed by atoms with E-state index < -0.39 is 0 Å². The van der Waals surface area contributed by atoms with Gasteiger partial charge >= 0.3 is 0 Å². The summed E-state index contributed by atoms with van der Waals surface area (Å²) in [4.78, 5) is 15.9. The quantitative estimate of drug-likeness (QED) is 0.923. The zero-order valence-corrected chi connectivity index (χ0v) is 12.8. The summed E-state index contributed by atoms with van der Waals surface area (Å²) in [6.45, 7) is 4.10. The Morgan fingerprint density at radius 2 is 1.95 bits per heavy atom. The second-order valence-electron chi connectivity index (χ2n) is 5.35. The maximum atomic E-state index is 11.9. The Morgan fingerprint density at radius 1 is 1.30 bits per heavy atom. The van der Waals surface area contributed by atoms with E-state index in [4.69, 9.17) is 17.3 Å². The van der Waals surface area contributed by atoms with Gasteiger partial charge in [-0.15, -0.1) is 0 Å². The van der Waals surface area contributed by atoms with E-state index in [1.165, 1.54) is 0 Å². The van der Waals surface area contributed by atoms with Crippen molar-refractivity contribution in [1.82, 2.24) is 9.80 Å². The van der Waals surface area contributed by atoms with Gasteiger partial charge in [0.25, 0.3) is 0 Å². The van der Waals surface area contributed by atoms with Crippen LogP contribution in [0, 0.1) is 0 Å². The number of carbonyl (C=O) groups is 1. The van der Waals surface area contributed by atoms with Crippen molar-refractivity contribution < 1.29 is 4.79 Å². The Balaban J connectivity index is 2.24. The van der Waals surface area contributed by atoms with Crippen LogP contribution in [-0.4, -0.2) is 48.4 Å². The molecule has 1 aromatic rings. The SMILES string of the molecule is CCC(N)C(c1ccc(Cl)cc1)N1CCN(C)C(=O)C1.